The maximum Gasteiger partial charge on any atom is 0.322 e. The van der Waals surface area contributed by atoms with E-state index in [1.807, 2.05) is 0 Å². The Labute approximate surface area is 154 Å². The number of fused-ring (bicyclic) bond motifs is 1. The lowest BCUT2D eigenvalue weighted by atomic mass is 9.82. The lowest BCUT2D eigenvalue weighted by Gasteiger charge is -2.39. The third kappa shape index (κ3) is 4.54. The molecule has 3 rings (SSSR count). The maximum atomic E-state index is 13.9. The van der Waals surface area contributed by atoms with Crippen LogP contribution < -0.4 is 10.6 Å². The van der Waals surface area contributed by atoms with Gasteiger partial charge < -0.3 is 15.5 Å². The molecule has 2 fully saturated rings. The quantitative estimate of drug-likeness (QED) is 0.797. The van der Waals surface area contributed by atoms with Crippen LogP contribution in [0.2, 0.25) is 0 Å². The summed E-state index contributed by atoms with van der Waals surface area (Å²) in [5.41, 5.74) is 0.184. The fourth-order valence-electron chi connectivity index (χ4n) is 4.06. The van der Waals surface area contributed by atoms with Gasteiger partial charge in [0.05, 0.1) is 11.6 Å². The molecule has 1 aliphatic heterocycles. The number of halogens is 1. The van der Waals surface area contributed by atoms with Gasteiger partial charge in [-0.2, -0.15) is 0 Å². The molecular weight excluding hydrogens is 333 g/mol. The highest BCUT2D eigenvalue weighted by atomic mass is 19.1. The number of urea groups is 1. The highest BCUT2D eigenvalue weighted by Crippen LogP contribution is 2.30. The zero-order chi connectivity index (χ0) is 18.4. The summed E-state index contributed by atoms with van der Waals surface area (Å²) in [4.78, 5) is 27.4. The van der Waals surface area contributed by atoms with E-state index in [0.717, 1.165) is 51.4 Å². The van der Waals surface area contributed by atoms with Crippen molar-refractivity contribution >= 4 is 17.6 Å². The Kier molecular flexibility index (Phi) is 6.47. The predicted octanol–water partition coefficient (Wildman–Crippen LogP) is 3.91. The summed E-state index contributed by atoms with van der Waals surface area (Å²) in [5, 5.41) is 5.75. The van der Waals surface area contributed by atoms with Crippen LogP contribution in [0.5, 0.6) is 0 Å². The Morgan fingerprint density at radius 1 is 1.08 bits per heavy atom. The first-order valence-corrected chi connectivity index (χ1v) is 9.76. The first kappa shape index (κ1) is 18.7. The molecule has 2 aliphatic rings. The first-order valence-electron chi connectivity index (χ1n) is 9.76. The molecule has 1 saturated carbocycles. The SMILES string of the molecule is O=C1NCCCCCCN(C(=O)Nc2ccccc2F)C2CCCCC12. The molecule has 1 aliphatic carbocycles. The lowest BCUT2D eigenvalue weighted by molar-refractivity contribution is -0.127. The molecule has 142 valence electrons. The summed E-state index contributed by atoms with van der Waals surface area (Å²) in [6.45, 7) is 1.32. The van der Waals surface area contributed by atoms with E-state index >= 15 is 0 Å². The summed E-state index contributed by atoms with van der Waals surface area (Å²) >= 11 is 0. The average Bonchev–Trinajstić information content (AvgIpc) is 2.68. The minimum absolute atomic E-state index is 0.0558. The molecule has 0 bridgehead atoms. The van der Waals surface area contributed by atoms with Crippen LogP contribution in [0.3, 0.4) is 0 Å². The Morgan fingerprint density at radius 2 is 1.85 bits per heavy atom. The Hall–Kier alpha value is -2.11. The van der Waals surface area contributed by atoms with Gasteiger partial charge in [-0.25, -0.2) is 9.18 Å². The second kappa shape index (κ2) is 9.01. The van der Waals surface area contributed by atoms with Crippen molar-refractivity contribution in [1.29, 1.82) is 0 Å². The van der Waals surface area contributed by atoms with Gasteiger partial charge in [0, 0.05) is 19.1 Å². The molecule has 0 spiro atoms. The van der Waals surface area contributed by atoms with E-state index in [1.54, 1.807) is 23.1 Å². The van der Waals surface area contributed by atoms with Gasteiger partial charge in [0.25, 0.3) is 0 Å². The normalized spacial score (nSPS) is 24.8. The number of hydrogen-bond donors (Lipinski definition) is 2. The van der Waals surface area contributed by atoms with Crippen molar-refractivity contribution in [1.82, 2.24) is 10.2 Å². The number of nitrogens with one attached hydrogen (secondary N) is 2. The van der Waals surface area contributed by atoms with Crippen LogP contribution in [0.1, 0.15) is 51.4 Å². The molecule has 1 aromatic carbocycles. The smallest absolute Gasteiger partial charge is 0.322 e. The fourth-order valence-corrected chi connectivity index (χ4v) is 4.06. The summed E-state index contributed by atoms with van der Waals surface area (Å²) in [6.07, 6.45) is 7.60. The van der Waals surface area contributed by atoms with Crippen LogP contribution in [0, 0.1) is 11.7 Å². The molecule has 2 unspecified atom stereocenters. The van der Waals surface area contributed by atoms with Crippen molar-refractivity contribution in [3.05, 3.63) is 30.1 Å². The van der Waals surface area contributed by atoms with Crippen LogP contribution in [0.4, 0.5) is 14.9 Å². The lowest BCUT2D eigenvalue weighted by Crippen LogP contribution is -2.52. The maximum absolute atomic E-state index is 13.9. The fraction of sp³-hybridized carbons (Fsp3) is 0.600. The Bertz CT molecular complexity index is 637. The molecule has 26 heavy (non-hydrogen) atoms. The summed E-state index contributed by atoms with van der Waals surface area (Å²) in [7, 11) is 0. The van der Waals surface area contributed by atoms with Gasteiger partial charge in [0.1, 0.15) is 5.82 Å². The summed E-state index contributed by atoms with van der Waals surface area (Å²) in [6, 6.07) is 5.76. The number of para-hydroxylation sites is 1. The monoisotopic (exact) mass is 361 g/mol. The molecule has 1 aromatic rings. The zero-order valence-electron chi connectivity index (χ0n) is 15.2. The van der Waals surface area contributed by atoms with Gasteiger partial charge in [-0.3, -0.25) is 4.79 Å². The highest BCUT2D eigenvalue weighted by molar-refractivity contribution is 5.90. The van der Waals surface area contributed by atoms with Gasteiger partial charge >= 0.3 is 6.03 Å². The second-order valence-corrected chi connectivity index (χ2v) is 7.27. The molecular formula is C20H28FN3O2. The predicted molar refractivity (Wildman–Crippen MR) is 99.3 cm³/mol. The van der Waals surface area contributed by atoms with Crippen molar-refractivity contribution in [3.63, 3.8) is 0 Å². The molecule has 1 saturated heterocycles. The van der Waals surface area contributed by atoms with E-state index in [2.05, 4.69) is 10.6 Å². The first-order chi connectivity index (χ1) is 12.7. The largest absolute Gasteiger partial charge is 0.356 e. The van der Waals surface area contributed by atoms with E-state index in [0.29, 0.717) is 13.1 Å². The number of hydrogen-bond acceptors (Lipinski definition) is 2. The highest BCUT2D eigenvalue weighted by Gasteiger charge is 2.37. The van der Waals surface area contributed by atoms with E-state index in [9.17, 15) is 14.0 Å². The number of amides is 3. The molecule has 2 atom stereocenters. The summed E-state index contributed by atoms with van der Waals surface area (Å²) < 4.78 is 13.9. The number of benzene rings is 1. The van der Waals surface area contributed by atoms with Crippen LogP contribution >= 0.6 is 0 Å². The third-order valence-electron chi connectivity index (χ3n) is 5.47. The third-order valence-corrected chi connectivity index (χ3v) is 5.47. The molecule has 5 nitrogen and oxygen atoms in total. The van der Waals surface area contributed by atoms with Gasteiger partial charge in [-0.15, -0.1) is 0 Å². The zero-order valence-corrected chi connectivity index (χ0v) is 15.2. The standard InChI is InChI=1S/C20H28FN3O2/c21-16-10-4-5-11-17(16)23-20(26)24-14-8-2-1-7-13-22-19(25)15-9-3-6-12-18(15)24/h4-5,10-11,15,18H,1-3,6-9,12-14H2,(H,22,25)(H,23,26). The number of rotatable bonds is 1. The number of anilines is 1. The minimum Gasteiger partial charge on any atom is -0.356 e. The van der Waals surface area contributed by atoms with Crippen molar-refractivity contribution in [3.8, 4) is 0 Å². The second-order valence-electron chi connectivity index (χ2n) is 7.27. The molecule has 1 heterocycles. The van der Waals surface area contributed by atoms with E-state index in [1.165, 1.54) is 6.07 Å². The Morgan fingerprint density at radius 3 is 2.69 bits per heavy atom. The van der Waals surface area contributed by atoms with Gasteiger partial charge in [-0.05, 0) is 37.8 Å². The average molecular weight is 361 g/mol. The van der Waals surface area contributed by atoms with E-state index < -0.39 is 5.82 Å². The molecule has 6 heteroatoms. The molecule has 0 aromatic heterocycles. The minimum atomic E-state index is -0.448. The molecule has 2 N–H and O–H groups in total. The molecule has 3 amide bonds. The summed E-state index contributed by atoms with van der Waals surface area (Å²) in [5.74, 6) is -0.565. The van der Waals surface area contributed by atoms with E-state index in [4.69, 9.17) is 0 Å². The van der Waals surface area contributed by atoms with Gasteiger partial charge in [0.2, 0.25) is 5.91 Å². The number of nitrogens with zero attached hydrogens (tertiary/aromatic N) is 1. The van der Waals surface area contributed by atoms with Gasteiger partial charge in [-0.1, -0.05) is 37.8 Å². The van der Waals surface area contributed by atoms with Crippen LogP contribution in [-0.2, 0) is 4.79 Å². The van der Waals surface area contributed by atoms with Crippen LogP contribution in [0.15, 0.2) is 24.3 Å². The van der Waals surface area contributed by atoms with Crippen LogP contribution in [-0.4, -0.2) is 36.0 Å². The van der Waals surface area contributed by atoms with Crippen molar-refractivity contribution in [2.75, 3.05) is 18.4 Å². The number of carbonyl (C=O) groups is 2. The van der Waals surface area contributed by atoms with E-state index in [-0.39, 0.29) is 29.6 Å². The van der Waals surface area contributed by atoms with Crippen LogP contribution in [0.25, 0.3) is 0 Å². The van der Waals surface area contributed by atoms with Gasteiger partial charge in [0.15, 0.2) is 0 Å². The van der Waals surface area contributed by atoms with Crippen molar-refractivity contribution in [2.45, 2.75) is 57.4 Å². The van der Waals surface area contributed by atoms with Crippen molar-refractivity contribution in [2.24, 2.45) is 5.92 Å². The Balaban J connectivity index is 1.80. The molecule has 0 radical (unpaired) electrons. The topological polar surface area (TPSA) is 61.4 Å². The number of carbonyl (C=O) groups excluding carboxylic acids is 2. The van der Waals surface area contributed by atoms with Crippen molar-refractivity contribution < 1.29 is 14.0 Å².